The van der Waals surface area contributed by atoms with E-state index in [-0.39, 0.29) is 18.7 Å². The molecule has 0 aliphatic carbocycles. The molecule has 0 N–H and O–H groups in total. The van der Waals surface area contributed by atoms with E-state index in [9.17, 15) is 19.7 Å². The van der Waals surface area contributed by atoms with Gasteiger partial charge in [-0.3, -0.25) is 19.7 Å². The highest BCUT2D eigenvalue weighted by Gasteiger charge is 2.63. The number of nitro groups is 1. The molecule has 0 saturated carbocycles. The monoisotopic (exact) mass is 364 g/mol. The molecule has 2 aliphatic rings. The second-order valence-electron chi connectivity index (χ2n) is 6.50. The minimum Gasteiger partial charge on any atom is -0.443 e. The first-order valence-corrected chi connectivity index (χ1v) is 8.48. The molecule has 1 amide bonds. The maximum atomic E-state index is 13.4. The predicted molar refractivity (Wildman–Crippen MR) is 97.2 cm³/mol. The van der Waals surface area contributed by atoms with Gasteiger partial charge in [0.25, 0.3) is 11.6 Å². The van der Waals surface area contributed by atoms with E-state index in [4.69, 9.17) is 4.74 Å². The van der Waals surface area contributed by atoms with Crippen LogP contribution in [0.4, 0.5) is 11.4 Å². The summed E-state index contributed by atoms with van der Waals surface area (Å²) < 4.78 is 5.64. The van der Waals surface area contributed by atoms with Crippen LogP contribution >= 0.6 is 0 Å². The zero-order chi connectivity index (χ0) is 19.2. The summed E-state index contributed by atoms with van der Waals surface area (Å²) >= 11 is 0. The summed E-state index contributed by atoms with van der Waals surface area (Å²) in [6.07, 6.45) is 1.48. The van der Waals surface area contributed by atoms with E-state index in [0.717, 1.165) is 0 Å². The number of hydrogen-bond acceptors (Lipinski definition) is 5. The van der Waals surface area contributed by atoms with E-state index < -0.39 is 28.3 Å². The van der Waals surface area contributed by atoms with Gasteiger partial charge < -0.3 is 9.64 Å². The molecule has 1 fully saturated rings. The van der Waals surface area contributed by atoms with Gasteiger partial charge in [-0.1, -0.05) is 42.5 Å². The summed E-state index contributed by atoms with van der Waals surface area (Å²) in [5.41, 5.74) is -0.237. The number of ether oxygens (including phenoxy) is 1. The maximum Gasteiger partial charge on any atom is 0.308 e. The number of nitrogens with zero attached hydrogens (tertiary/aromatic N) is 2. The molecule has 2 aromatic carbocycles. The third kappa shape index (κ3) is 2.28. The molecule has 7 nitrogen and oxygen atoms in total. The SMILES string of the molecule is C=CCN1C(=O)[C@@]2(OC(=O)C[C@@H]2c2ccccc2[N+](=O)[O-])c2ccccc21. The maximum absolute atomic E-state index is 13.4. The van der Waals surface area contributed by atoms with Crippen molar-refractivity contribution in [1.82, 2.24) is 0 Å². The van der Waals surface area contributed by atoms with E-state index >= 15 is 0 Å². The fourth-order valence-corrected chi connectivity index (χ4v) is 4.07. The van der Waals surface area contributed by atoms with Crippen LogP contribution in [0.25, 0.3) is 0 Å². The average molecular weight is 364 g/mol. The van der Waals surface area contributed by atoms with Crippen LogP contribution in [0.3, 0.4) is 0 Å². The summed E-state index contributed by atoms with van der Waals surface area (Å²) in [6.45, 7) is 3.93. The quantitative estimate of drug-likeness (QED) is 0.360. The van der Waals surface area contributed by atoms with E-state index in [1.165, 1.54) is 11.0 Å². The third-order valence-electron chi connectivity index (χ3n) is 5.11. The minimum absolute atomic E-state index is 0.104. The number of rotatable bonds is 4. The van der Waals surface area contributed by atoms with Crippen LogP contribution in [-0.2, 0) is 19.9 Å². The molecular weight excluding hydrogens is 348 g/mol. The van der Waals surface area contributed by atoms with Gasteiger partial charge >= 0.3 is 5.97 Å². The number of fused-ring (bicyclic) bond motifs is 2. The molecule has 7 heteroatoms. The fourth-order valence-electron chi connectivity index (χ4n) is 4.07. The van der Waals surface area contributed by atoms with Crippen molar-refractivity contribution in [2.45, 2.75) is 17.9 Å². The molecule has 0 bridgehead atoms. The number of carbonyl (C=O) groups excluding carboxylic acids is 2. The Morgan fingerprint density at radius 2 is 1.93 bits per heavy atom. The molecule has 2 aromatic rings. The lowest BCUT2D eigenvalue weighted by molar-refractivity contribution is -0.385. The first-order chi connectivity index (χ1) is 13.0. The van der Waals surface area contributed by atoms with Gasteiger partial charge in [-0.05, 0) is 6.07 Å². The number of para-hydroxylation sites is 2. The number of hydrogen-bond donors (Lipinski definition) is 0. The first kappa shape index (κ1) is 17.0. The number of carbonyl (C=O) groups is 2. The van der Waals surface area contributed by atoms with Crippen LogP contribution in [0.1, 0.15) is 23.5 Å². The molecule has 4 rings (SSSR count). The highest BCUT2D eigenvalue weighted by atomic mass is 16.6. The summed E-state index contributed by atoms with van der Waals surface area (Å²) in [5, 5.41) is 11.5. The molecule has 2 atom stereocenters. The van der Waals surface area contributed by atoms with Gasteiger partial charge in [0.15, 0.2) is 0 Å². The van der Waals surface area contributed by atoms with Crippen LogP contribution in [0, 0.1) is 10.1 Å². The normalized spacial score (nSPS) is 23.4. The molecule has 1 saturated heterocycles. The zero-order valence-electron chi connectivity index (χ0n) is 14.3. The summed E-state index contributed by atoms with van der Waals surface area (Å²) in [4.78, 5) is 38.3. The Morgan fingerprint density at radius 1 is 1.22 bits per heavy atom. The van der Waals surface area contributed by atoms with Crippen molar-refractivity contribution in [2.75, 3.05) is 11.4 Å². The number of nitro benzene ring substituents is 1. The number of benzene rings is 2. The summed E-state index contributed by atoms with van der Waals surface area (Å²) in [5.74, 6) is -1.74. The van der Waals surface area contributed by atoms with Gasteiger partial charge in [0.2, 0.25) is 5.60 Å². The number of amides is 1. The second kappa shape index (κ2) is 6.05. The Labute approximate surface area is 155 Å². The van der Waals surface area contributed by atoms with Crippen molar-refractivity contribution in [3.05, 3.63) is 82.4 Å². The highest BCUT2D eigenvalue weighted by molar-refractivity contribution is 6.10. The van der Waals surface area contributed by atoms with Crippen LogP contribution < -0.4 is 4.90 Å². The minimum atomic E-state index is -1.59. The van der Waals surface area contributed by atoms with Crippen LogP contribution in [-0.4, -0.2) is 23.3 Å². The van der Waals surface area contributed by atoms with Gasteiger partial charge in [-0.2, -0.15) is 0 Å². The van der Waals surface area contributed by atoms with Gasteiger partial charge in [0, 0.05) is 23.7 Å². The molecule has 1 spiro atoms. The smallest absolute Gasteiger partial charge is 0.308 e. The summed E-state index contributed by atoms with van der Waals surface area (Å²) in [7, 11) is 0. The molecule has 0 unspecified atom stereocenters. The number of anilines is 1. The van der Waals surface area contributed by atoms with Gasteiger partial charge in [-0.25, -0.2) is 0 Å². The van der Waals surface area contributed by atoms with Crippen molar-refractivity contribution in [2.24, 2.45) is 0 Å². The van der Waals surface area contributed by atoms with Crippen molar-refractivity contribution >= 4 is 23.3 Å². The van der Waals surface area contributed by atoms with Crippen molar-refractivity contribution in [3.63, 3.8) is 0 Å². The van der Waals surface area contributed by atoms with Crippen molar-refractivity contribution in [1.29, 1.82) is 0 Å². The lowest BCUT2D eigenvalue weighted by atomic mass is 9.77. The van der Waals surface area contributed by atoms with E-state index in [1.54, 1.807) is 48.5 Å². The van der Waals surface area contributed by atoms with E-state index in [2.05, 4.69) is 6.58 Å². The zero-order valence-corrected chi connectivity index (χ0v) is 14.3. The van der Waals surface area contributed by atoms with Gasteiger partial charge in [-0.15, -0.1) is 6.58 Å². The number of esters is 1. The molecule has 0 aromatic heterocycles. The van der Waals surface area contributed by atoms with Gasteiger partial charge in [0.1, 0.15) is 0 Å². The predicted octanol–water partition coefficient (Wildman–Crippen LogP) is 3.05. The molecular formula is C20H16N2O5. The lowest BCUT2D eigenvalue weighted by Crippen LogP contribution is -2.43. The third-order valence-corrected chi connectivity index (χ3v) is 5.11. The topological polar surface area (TPSA) is 89.8 Å². The molecule has 2 aliphatic heterocycles. The largest absolute Gasteiger partial charge is 0.443 e. The Kier molecular flexibility index (Phi) is 3.80. The fraction of sp³-hybridized carbons (Fsp3) is 0.200. The standard InChI is InChI=1S/C20H16N2O5/c1-2-11-21-17-10-6-4-8-14(17)20(19(21)24)15(12-18(23)27-20)13-7-3-5-9-16(13)22(25)26/h2-10,15H,1,11-12H2/t15-,20-/m1/s1. The Bertz CT molecular complexity index is 986. The molecule has 136 valence electrons. The lowest BCUT2D eigenvalue weighted by Gasteiger charge is -2.28. The molecule has 2 heterocycles. The average Bonchev–Trinajstić information content (AvgIpc) is 3.13. The Balaban J connectivity index is 1.96. The molecule has 27 heavy (non-hydrogen) atoms. The van der Waals surface area contributed by atoms with Crippen LogP contribution in [0.2, 0.25) is 0 Å². The van der Waals surface area contributed by atoms with Crippen molar-refractivity contribution in [3.8, 4) is 0 Å². The Hall–Kier alpha value is -3.48. The first-order valence-electron chi connectivity index (χ1n) is 8.48. The second-order valence-corrected chi connectivity index (χ2v) is 6.50. The van der Waals surface area contributed by atoms with E-state index in [0.29, 0.717) is 16.8 Å². The summed E-state index contributed by atoms with van der Waals surface area (Å²) in [6, 6.07) is 13.2. The van der Waals surface area contributed by atoms with Gasteiger partial charge in [0.05, 0.1) is 22.9 Å². The van der Waals surface area contributed by atoms with Crippen LogP contribution in [0.5, 0.6) is 0 Å². The van der Waals surface area contributed by atoms with Crippen molar-refractivity contribution < 1.29 is 19.2 Å². The highest BCUT2D eigenvalue weighted by Crippen LogP contribution is 2.56. The molecule has 0 radical (unpaired) electrons. The van der Waals surface area contributed by atoms with E-state index in [1.807, 2.05) is 0 Å². The van der Waals surface area contributed by atoms with Crippen LogP contribution in [0.15, 0.2) is 61.2 Å². The Morgan fingerprint density at radius 3 is 2.67 bits per heavy atom.